The van der Waals surface area contributed by atoms with Crippen LogP contribution in [0.1, 0.15) is 6.55 Å². The topological polar surface area (TPSA) is 84.5 Å². The molecule has 1 aliphatic rings. The van der Waals surface area contributed by atoms with Crippen molar-refractivity contribution >= 4 is 40.1 Å². The number of aromatic nitrogens is 2. The normalized spacial score (nSPS) is 14.4. The number of imidazole rings is 1. The van der Waals surface area contributed by atoms with Crippen molar-refractivity contribution in [3.63, 3.8) is 0 Å². The van der Waals surface area contributed by atoms with Gasteiger partial charge in [-0.05, 0) is 18.2 Å². The number of nitro benzene ring substituents is 1. The highest BCUT2D eigenvalue weighted by Gasteiger charge is 2.26. The summed E-state index contributed by atoms with van der Waals surface area (Å²) in [5.41, 5.74) is 1.34. The molecular formula is C20H19F2N5O3S. The maximum Gasteiger partial charge on any atom is 0.321 e. The van der Waals surface area contributed by atoms with Crippen molar-refractivity contribution in [1.29, 1.82) is 0 Å². The van der Waals surface area contributed by atoms with E-state index < -0.39 is 11.5 Å². The molecule has 0 saturated carbocycles. The summed E-state index contributed by atoms with van der Waals surface area (Å²) in [7, 11) is 0. The van der Waals surface area contributed by atoms with Gasteiger partial charge in [0, 0.05) is 32.2 Å². The predicted octanol–water partition coefficient (Wildman–Crippen LogP) is 3.78. The van der Waals surface area contributed by atoms with Crippen molar-refractivity contribution in [1.82, 2.24) is 14.5 Å². The van der Waals surface area contributed by atoms with Gasteiger partial charge in [0.15, 0.2) is 5.16 Å². The number of carbonyl (C=O) groups is 1. The Labute approximate surface area is 180 Å². The van der Waals surface area contributed by atoms with Crippen molar-refractivity contribution in [2.24, 2.45) is 0 Å². The van der Waals surface area contributed by atoms with Crippen LogP contribution >= 0.6 is 11.8 Å². The Morgan fingerprint density at radius 2 is 1.77 bits per heavy atom. The number of nitro groups is 1. The Morgan fingerprint density at radius 3 is 2.48 bits per heavy atom. The summed E-state index contributed by atoms with van der Waals surface area (Å²) in [6, 6.07) is 13.1. The Morgan fingerprint density at radius 1 is 1.10 bits per heavy atom. The highest BCUT2D eigenvalue weighted by molar-refractivity contribution is 7.99. The zero-order chi connectivity index (χ0) is 22.0. The number of benzene rings is 2. The van der Waals surface area contributed by atoms with Gasteiger partial charge in [0.25, 0.3) is 5.69 Å². The van der Waals surface area contributed by atoms with Gasteiger partial charge in [-0.15, -0.1) is 0 Å². The van der Waals surface area contributed by atoms with Crippen LogP contribution in [0.25, 0.3) is 11.0 Å². The summed E-state index contributed by atoms with van der Waals surface area (Å²) in [5.74, 6) is -0.193. The fourth-order valence-corrected chi connectivity index (χ4v) is 4.53. The van der Waals surface area contributed by atoms with E-state index in [0.717, 1.165) is 16.3 Å². The molecule has 2 aromatic carbocycles. The molecule has 0 aliphatic carbocycles. The summed E-state index contributed by atoms with van der Waals surface area (Å²) >= 11 is 0.984. The Bertz CT molecular complexity index is 1120. The van der Waals surface area contributed by atoms with Gasteiger partial charge in [-0.25, -0.2) is 4.98 Å². The molecule has 1 aromatic heterocycles. The standard InChI is InChI=1S/C20H19F2N5O3S/c21-19(22)26-15-6-2-1-5-14(15)23-20(26)31-13-18(28)25-11-9-24(10-12-25)16-7-3-4-8-17(16)27(29)30/h1-8,19H,9-13H2. The Balaban J connectivity index is 1.39. The van der Waals surface area contributed by atoms with E-state index in [9.17, 15) is 23.7 Å². The molecule has 31 heavy (non-hydrogen) atoms. The van der Waals surface area contributed by atoms with E-state index in [1.54, 1.807) is 47.4 Å². The number of carbonyl (C=O) groups excluding carboxylic acids is 1. The maximum atomic E-state index is 13.5. The van der Waals surface area contributed by atoms with E-state index in [0.29, 0.717) is 42.9 Å². The minimum absolute atomic E-state index is 0.0124. The van der Waals surface area contributed by atoms with Crippen LogP contribution < -0.4 is 4.90 Å². The lowest BCUT2D eigenvalue weighted by Gasteiger charge is -2.35. The monoisotopic (exact) mass is 447 g/mol. The van der Waals surface area contributed by atoms with Gasteiger partial charge in [-0.2, -0.15) is 8.78 Å². The number of hydrogen-bond donors (Lipinski definition) is 0. The van der Waals surface area contributed by atoms with E-state index in [2.05, 4.69) is 4.98 Å². The third-order valence-corrected chi connectivity index (χ3v) is 6.07. The minimum Gasteiger partial charge on any atom is -0.362 e. The third kappa shape index (κ3) is 4.31. The van der Waals surface area contributed by atoms with Gasteiger partial charge < -0.3 is 9.80 Å². The van der Waals surface area contributed by atoms with Gasteiger partial charge in [0.05, 0.1) is 21.7 Å². The van der Waals surface area contributed by atoms with Crippen molar-refractivity contribution in [3.05, 3.63) is 58.6 Å². The minimum atomic E-state index is -2.75. The molecule has 8 nitrogen and oxygen atoms in total. The van der Waals surface area contributed by atoms with Gasteiger partial charge in [-0.3, -0.25) is 19.5 Å². The van der Waals surface area contributed by atoms with Crippen LogP contribution in [0.2, 0.25) is 0 Å². The lowest BCUT2D eigenvalue weighted by atomic mass is 10.2. The Kier molecular flexibility index (Phi) is 6.03. The molecule has 0 N–H and O–H groups in total. The van der Waals surface area contributed by atoms with E-state index in [-0.39, 0.29) is 22.5 Å². The SMILES string of the molecule is O=C(CSc1nc2ccccc2n1C(F)F)N1CCN(c2ccccc2[N+](=O)[O-])CC1. The molecule has 3 aromatic rings. The quantitative estimate of drug-likeness (QED) is 0.325. The molecule has 1 fully saturated rings. The fraction of sp³-hybridized carbons (Fsp3) is 0.300. The van der Waals surface area contributed by atoms with Crippen LogP contribution in [0.5, 0.6) is 0 Å². The van der Waals surface area contributed by atoms with E-state index in [1.807, 2.05) is 4.90 Å². The van der Waals surface area contributed by atoms with Crippen LogP contribution in [-0.2, 0) is 4.79 Å². The second-order valence-corrected chi connectivity index (χ2v) is 7.88. The molecule has 0 unspecified atom stereocenters. The first-order valence-electron chi connectivity index (χ1n) is 9.60. The highest BCUT2D eigenvalue weighted by Crippen LogP contribution is 2.30. The Hall–Kier alpha value is -3.21. The largest absolute Gasteiger partial charge is 0.362 e. The number of nitrogens with zero attached hydrogens (tertiary/aromatic N) is 5. The van der Waals surface area contributed by atoms with Crippen molar-refractivity contribution < 1.29 is 18.5 Å². The number of halogens is 2. The van der Waals surface area contributed by atoms with Crippen molar-refractivity contribution in [2.45, 2.75) is 11.7 Å². The molecule has 1 amide bonds. The molecule has 1 aliphatic heterocycles. The number of alkyl halides is 2. The zero-order valence-corrected chi connectivity index (χ0v) is 17.2. The number of amides is 1. The molecule has 2 heterocycles. The number of hydrogen-bond acceptors (Lipinski definition) is 6. The van der Waals surface area contributed by atoms with Gasteiger partial charge in [0.2, 0.25) is 5.91 Å². The van der Waals surface area contributed by atoms with Crippen LogP contribution in [0, 0.1) is 10.1 Å². The van der Waals surface area contributed by atoms with E-state index >= 15 is 0 Å². The van der Waals surface area contributed by atoms with Crippen LogP contribution in [-0.4, -0.2) is 57.2 Å². The fourth-order valence-electron chi connectivity index (χ4n) is 3.61. The molecule has 162 valence electrons. The summed E-state index contributed by atoms with van der Waals surface area (Å²) in [6.45, 7) is -1.05. The first kappa shape index (κ1) is 21.0. The van der Waals surface area contributed by atoms with E-state index in [4.69, 9.17) is 0 Å². The maximum absolute atomic E-state index is 13.5. The molecule has 0 radical (unpaired) electrons. The first-order chi connectivity index (χ1) is 15.0. The number of para-hydroxylation sites is 4. The predicted molar refractivity (Wildman–Crippen MR) is 114 cm³/mol. The molecule has 0 bridgehead atoms. The summed E-state index contributed by atoms with van der Waals surface area (Å²) in [4.78, 5) is 31.2. The first-order valence-corrected chi connectivity index (χ1v) is 10.6. The third-order valence-electron chi connectivity index (χ3n) is 5.13. The van der Waals surface area contributed by atoms with Gasteiger partial charge in [-0.1, -0.05) is 36.0 Å². The molecular weight excluding hydrogens is 428 g/mol. The van der Waals surface area contributed by atoms with Crippen LogP contribution in [0.15, 0.2) is 53.7 Å². The molecule has 4 rings (SSSR count). The summed E-state index contributed by atoms with van der Waals surface area (Å²) < 4.78 is 27.9. The highest BCUT2D eigenvalue weighted by atomic mass is 32.2. The summed E-state index contributed by atoms with van der Waals surface area (Å²) in [5, 5.41) is 11.3. The van der Waals surface area contributed by atoms with Crippen molar-refractivity contribution in [3.8, 4) is 0 Å². The van der Waals surface area contributed by atoms with Crippen LogP contribution in [0.4, 0.5) is 20.2 Å². The molecule has 0 atom stereocenters. The number of thioether (sulfide) groups is 1. The molecule has 0 spiro atoms. The van der Waals surface area contributed by atoms with Crippen molar-refractivity contribution in [2.75, 3.05) is 36.8 Å². The van der Waals surface area contributed by atoms with E-state index in [1.165, 1.54) is 6.07 Å². The summed E-state index contributed by atoms with van der Waals surface area (Å²) in [6.07, 6.45) is 0. The average Bonchev–Trinajstić information content (AvgIpc) is 3.16. The second-order valence-electron chi connectivity index (χ2n) is 6.93. The second kappa shape index (κ2) is 8.88. The zero-order valence-electron chi connectivity index (χ0n) is 16.4. The number of anilines is 1. The average molecular weight is 447 g/mol. The molecule has 11 heteroatoms. The lowest BCUT2D eigenvalue weighted by molar-refractivity contribution is -0.384. The lowest BCUT2D eigenvalue weighted by Crippen LogP contribution is -2.49. The van der Waals surface area contributed by atoms with Gasteiger partial charge in [0.1, 0.15) is 5.69 Å². The molecule has 1 saturated heterocycles. The van der Waals surface area contributed by atoms with Crippen LogP contribution in [0.3, 0.4) is 0 Å². The smallest absolute Gasteiger partial charge is 0.321 e. The number of piperazine rings is 1. The number of fused-ring (bicyclic) bond motifs is 1. The number of rotatable bonds is 6. The van der Waals surface area contributed by atoms with Gasteiger partial charge >= 0.3 is 6.55 Å².